The molecule has 0 fully saturated rings. The Balaban J connectivity index is 0.941. The number of hydrogen-bond acceptors (Lipinski definition) is 29. The maximum atomic E-state index is 14.8. The summed E-state index contributed by atoms with van der Waals surface area (Å²) in [6, 6.07) is 0.180. The van der Waals surface area contributed by atoms with E-state index in [1.54, 1.807) is 98.8 Å². The fourth-order valence-electron chi connectivity index (χ4n) is 17.1. The number of unbranched alkanes of at least 4 members (excludes halogenated alkanes) is 1. The number of aromatic hydroxyl groups is 1. The van der Waals surface area contributed by atoms with Crippen molar-refractivity contribution in [3.05, 3.63) is 109 Å². The quantitative estimate of drug-likeness (QED) is 0.0104. The molecule has 0 bridgehead atoms. The second-order valence-electron chi connectivity index (χ2n) is 39.4. The number of likely N-dealkylation sites (N-methyl/N-ethyl adjacent to an activating group) is 2. The van der Waals surface area contributed by atoms with Crippen LogP contribution in [0.4, 0.5) is 11.4 Å². The van der Waals surface area contributed by atoms with Gasteiger partial charge in [-0.05, 0) is 177 Å². The number of imide groups is 1. The number of thiazole rings is 1. The third-order valence-corrected chi connectivity index (χ3v) is 27.7. The summed E-state index contributed by atoms with van der Waals surface area (Å²) in [6.07, 6.45) is 1.55. The van der Waals surface area contributed by atoms with Gasteiger partial charge in [0.15, 0.2) is 11.7 Å². The number of ether oxygens (including phenoxy) is 4. The molecule has 148 heavy (non-hydrogen) atoms. The van der Waals surface area contributed by atoms with Crippen LogP contribution in [0.5, 0.6) is 5.75 Å². The van der Waals surface area contributed by atoms with Gasteiger partial charge in [0.2, 0.25) is 70.9 Å². The summed E-state index contributed by atoms with van der Waals surface area (Å²) in [5.74, 6) is -14.9. The fourth-order valence-corrected chi connectivity index (χ4v) is 18.0. The zero-order valence-corrected chi connectivity index (χ0v) is 88.7. The number of rotatable bonds is 59. The predicted octanol–water partition coefficient (Wildman–Crippen LogP) is 4.92. The van der Waals surface area contributed by atoms with Gasteiger partial charge < -0.3 is 108 Å². The number of aromatic nitrogens is 3. The summed E-state index contributed by atoms with van der Waals surface area (Å²) in [5.41, 5.74) is 0.316. The van der Waals surface area contributed by atoms with Crippen molar-refractivity contribution in [3.63, 3.8) is 0 Å². The van der Waals surface area contributed by atoms with Crippen LogP contribution in [-0.2, 0) is 132 Å². The van der Waals surface area contributed by atoms with Gasteiger partial charge in [-0.1, -0.05) is 88.1 Å². The number of carboxylic acid groups (broad SMARTS) is 1. The molecule has 3 aromatic heterocycles. The number of carbonyl (C=O) groups excluding carboxylic acids is 17. The highest BCUT2D eigenvalue weighted by Gasteiger charge is 2.47. The standard InChI is InChI=1S/C103H146N18O26S/c1-20-27-65-66-48-64(32-34-70(66)112-89-67(65)51-121-76(89)49-69-68(98(121)139)52-146-101(142)103(69,143)22-3)108-90(132)59(11)106-96(138)87(57(8)9)116-93(135)72(111-79(124)29-25-42-105-92(134)71(28-23-24-41-104-82(127)53-145-45-44-144-19)110-80(125)30-26-43-120-83(128)38-39-84(120)129)35-37-81(126)115-86(56(6)7)95(137)107-60(12)91(133)113-73-47-62(31-36-77(73)123)46-63(33-40-85(130)131)109-94(136)74-54-148-97(114-74)78(147-61(13)122)50-75(55(4)5)119(18)99(140)88(58(10)21-2)117-100(141)102(14,15)118(16)17/h31-32,34,36,38-39,47-49,54-60,63,71-72,75,78,86-88,123,143H,20-30,33,35,37,40-46,50-53H2,1-19H3,(H,104,127)(H,105,134)(H,106,138)(H,107,137)(H,108,132)(H,109,136)(H,110,125)(H,111,124)(H,113,133)(H,115,126)(H,116,135)(H,117,141)(H,130,131)/t58-,59-,60-,63+,71-,72-,75+,78+,86-,87-,88-,103-/m0/s1. The Morgan fingerprint density at radius 2 is 1.26 bits per heavy atom. The molecular weight excluding hydrogens is 1940 g/mol. The van der Waals surface area contributed by atoms with E-state index in [9.17, 15) is 106 Å². The molecule has 0 saturated heterocycles. The zero-order valence-electron chi connectivity index (χ0n) is 87.9. The monoisotopic (exact) mass is 2080 g/mol. The summed E-state index contributed by atoms with van der Waals surface area (Å²) >= 11 is 1.02. The van der Waals surface area contributed by atoms with Crippen molar-refractivity contribution in [1.29, 1.82) is 0 Å². The van der Waals surface area contributed by atoms with E-state index in [0.717, 1.165) is 39.5 Å². The summed E-state index contributed by atoms with van der Waals surface area (Å²) in [5, 5.41) is 67.4. The number of phenolic OH excluding ortho intramolecular Hbond substituents is 1. The smallest absolute Gasteiger partial charge is 0.343 e. The minimum Gasteiger partial charge on any atom is -0.506 e. The number of aliphatic hydroxyl groups is 1. The highest BCUT2D eigenvalue weighted by molar-refractivity contribution is 7.09. The highest BCUT2D eigenvalue weighted by Crippen LogP contribution is 2.42. The van der Waals surface area contributed by atoms with E-state index in [2.05, 4.69) is 68.8 Å². The second kappa shape index (κ2) is 55.5. The molecule has 44 nitrogen and oxygen atoms in total. The molecule has 8 rings (SSSR count). The van der Waals surface area contributed by atoms with Crippen LogP contribution in [0.25, 0.3) is 22.3 Å². The maximum Gasteiger partial charge on any atom is 0.343 e. The van der Waals surface area contributed by atoms with Crippen molar-refractivity contribution in [3.8, 4) is 17.1 Å². The number of nitrogens with zero attached hydrogens (tertiary/aromatic N) is 6. The van der Waals surface area contributed by atoms with Crippen molar-refractivity contribution >= 4 is 140 Å². The predicted molar refractivity (Wildman–Crippen MR) is 546 cm³/mol. The van der Waals surface area contributed by atoms with E-state index < -0.39 is 203 Å². The number of amides is 15. The molecule has 0 spiro atoms. The van der Waals surface area contributed by atoms with Gasteiger partial charge in [0.25, 0.3) is 23.3 Å². The van der Waals surface area contributed by atoms with Gasteiger partial charge in [0, 0.05) is 125 Å². The Labute approximate surface area is 864 Å². The molecule has 3 aliphatic rings. The maximum absolute atomic E-state index is 14.8. The van der Waals surface area contributed by atoms with E-state index in [4.69, 9.17) is 23.9 Å². The van der Waals surface area contributed by atoms with Gasteiger partial charge in [-0.15, -0.1) is 11.3 Å². The number of carbonyl (C=O) groups is 18. The van der Waals surface area contributed by atoms with Crippen LogP contribution >= 0.6 is 11.3 Å². The Kier molecular flexibility index (Phi) is 44.9. The topological polar surface area (TPSA) is 607 Å². The number of carboxylic acids is 1. The largest absolute Gasteiger partial charge is 0.506 e. The molecule has 45 heteroatoms. The molecule has 12 atom stereocenters. The molecule has 0 saturated carbocycles. The number of pyridine rings is 2. The molecule has 15 N–H and O–H groups in total. The van der Waals surface area contributed by atoms with Crippen LogP contribution in [0.2, 0.25) is 0 Å². The average Bonchev–Trinajstić information content (AvgIpc) is 1.57. The zero-order chi connectivity index (χ0) is 110. The Morgan fingerprint density at radius 3 is 1.87 bits per heavy atom. The number of fused-ring (bicyclic) bond motifs is 5. The third-order valence-electron chi connectivity index (χ3n) is 26.7. The van der Waals surface area contributed by atoms with Crippen molar-refractivity contribution in [2.24, 2.45) is 23.7 Å². The lowest BCUT2D eigenvalue weighted by Crippen LogP contribution is -2.60. The second-order valence-corrected chi connectivity index (χ2v) is 40.3. The number of aryl methyl sites for hydroxylation is 1. The Hall–Kier alpha value is -13.5. The molecule has 15 amide bonds. The van der Waals surface area contributed by atoms with Crippen LogP contribution in [0.3, 0.4) is 0 Å². The lowest BCUT2D eigenvalue weighted by atomic mass is 9.86. The van der Waals surface area contributed by atoms with Crippen LogP contribution in [0, 0.1) is 23.7 Å². The fraction of sp³-hybridized carbons (Fsp3) is 0.583. The molecule has 0 aliphatic carbocycles. The van der Waals surface area contributed by atoms with E-state index in [1.165, 1.54) is 60.9 Å². The molecule has 810 valence electrons. The first kappa shape index (κ1) is 120. The van der Waals surface area contributed by atoms with Crippen LogP contribution in [-0.4, -0.2) is 279 Å². The van der Waals surface area contributed by atoms with Gasteiger partial charge in [-0.3, -0.25) is 96.1 Å². The molecule has 5 aromatic rings. The molecular formula is C103H146N18O26S. The number of anilines is 2. The number of methoxy groups -OCH3 is 1. The van der Waals surface area contributed by atoms with Crippen LogP contribution in [0.1, 0.15) is 250 Å². The number of cyclic esters (lactones) is 1. The molecule has 3 aliphatic heterocycles. The Morgan fingerprint density at radius 1 is 0.635 bits per heavy atom. The van der Waals surface area contributed by atoms with Gasteiger partial charge in [-0.2, -0.15) is 0 Å². The van der Waals surface area contributed by atoms with E-state index >= 15 is 0 Å². The summed E-state index contributed by atoms with van der Waals surface area (Å²) < 4.78 is 22.8. The van der Waals surface area contributed by atoms with E-state index in [-0.39, 0.29) is 167 Å². The lowest BCUT2D eigenvalue weighted by molar-refractivity contribution is -0.172. The number of aliphatic carboxylic acids is 1. The number of hydrogen-bond donors (Lipinski definition) is 15. The summed E-state index contributed by atoms with van der Waals surface area (Å²) in [4.78, 5) is 272. The molecule has 0 unspecified atom stereocenters. The van der Waals surface area contributed by atoms with Crippen molar-refractivity contribution < 1.29 is 121 Å². The van der Waals surface area contributed by atoms with Gasteiger partial charge >= 0.3 is 17.9 Å². The minimum absolute atomic E-state index is 0.0450. The third kappa shape index (κ3) is 32.7. The summed E-state index contributed by atoms with van der Waals surface area (Å²) in [7, 11) is 6.63. The summed E-state index contributed by atoms with van der Waals surface area (Å²) in [6.45, 7) is 25.1. The minimum atomic E-state index is -2.04. The van der Waals surface area contributed by atoms with Gasteiger partial charge in [0.1, 0.15) is 72.0 Å². The van der Waals surface area contributed by atoms with E-state index in [1.807, 2.05) is 34.6 Å². The van der Waals surface area contributed by atoms with Crippen molar-refractivity contribution in [2.45, 2.75) is 298 Å². The molecule has 2 aromatic carbocycles. The first-order valence-corrected chi connectivity index (χ1v) is 51.2. The lowest BCUT2D eigenvalue weighted by Gasteiger charge is -2.38. The number of phenols is 1. The number of nitrogens with one attached hydrogen (secondary N) is 12. The van der Waals surface area contributed by atoms with Crippen molar-refractivity contribution in [1.82, 2.24) is 82.4 Å². The normalized spacial score (nSPS) is 15.9. The van der Waals surface area contributed by atoms with Gasteiger partial charge in [-0.25, -0.2) is 14.8 Å². The number of benzene rings is 2. The first-order valence-electron chi connectivity index (χ1n) is 50.3. The van der Waals surface area contributed by atoms with E-state index in [0.29, 0.717) is 65.6 Å². The SMILES string of the molecule is CCCc1c2c(nc3ccc(NC(=O)[C@H](C)NC(=O)[C@@H](NC(=O)[C@H](CCC(=O)N[C@H](C(=O)N[C@@H](C)C(=O)Nc4cc(C[C@@H](CCC(=O)O)NC(=O)c5csc([C@@H](C[C@H](C(C)C)N(C)C(=O)[C@@H](NC(=O)C(C)(C)N(C)C)[C@@H](C)CC)OC(C)=O)n5)ccc4O)C(C)C)NC(=O)CCCNC(=O)[C@H](CCCCNC(=O)COCCOC)NC(=O)CCCN4C(=O)C=CC4=O)C(C)C)cc13)-c1cc3c(c(=O)n1C2)COC(=O)[C@]3(O)CC. The van der Waals surface area contributed by atoms with Crippen LogP contribution in [0.15, 0.2) is 64.8 Å². The first-order chi connectivity index (χ1) is 69.9. The van der Waals surface area contributed by atoms with Crippen LogP contribution < -0.4 is 69.4 Å². The Bertz CT molecular complexity index is 5760. The average molecular weight is 2080 g/mol. The van der Waals surface area contributed by atoms with Crippen molar-refractivity contribution in [2.75, 3.05) is 78.3 Å². The highest BCUT2D eigenvalue weighted by atomic mass is 32.1. The number of esters is 2. The molecule has 0 radical (unpaired) electrons. The van der Waals surface area contributed by atoms with Gasteiger partial charge in [0.05, 0.1) is 53.5 Å². The molecule has 6 heterocycles.